The molecule has 4 heteroatoms. The van der Waals surface area contributed by atoms with Gasteiger partial charge in [0.1, 0.15) is 0 Å². The third-order valence-corrected chi connectivity index (χ3v) is 6.26. The Bertz CT molecular complexity index is 554. The zero-order valence-corrected chi connectivity index (χ0v) is 13.6. The Morgan fingerprint density at radius 3 is 2.78 bits per heavy atom. The molecule has 0 amide bonds. The number of halogens is 2. The van der Waals surface area contributed by atoms with E-state index in [1.54, 1.807) is 11.1 Å². The van der Waals surface area contributed by atoms with Gasteiger partial charge in [0.05, 0.1) is 6.54 Å². The van der Waals surface area contributed by atoms with Gasteiger partial charge in [-0.2, -0.15) is 0 Å². The van der Waals surface area contributed by atoms with Crippen LogP contribution in [0.4, 0.5) is 8.78 Å². The number of rotatable bonds is 5. The van der Waals surface area contributed by atoms with Crippen molar-refractivity contribution in [3.8, 4) is 0 Å². The molecule has 1 N–H and O–H groups in total. The second-order valence-corrected chi connectivity index (χ2v) is 7.59. The molecule has 0 bridgehead atoms. The van der Waals surface area contributed by atoms with Crippen LogP contribution in [0.25, 0.3) is 0 Å². The average Bonchev–Trinajstić information content (AvgIpc) is 3.13. The second kappa shape index (κ2) is 6.14. The SMILES string of the molecule is FC(F)CN1CCC(NC[C@H]2C[C@@]23CCc2ccccc23)CC1. The number of alkyl halides is 2. The molecule has 126 valence electrons. The highest BCUT2D eigenvalue weighted by molar-refractivity contribution is 5.45. The monoisotopic (exact) mass is 320 g/mol. The van der Waals surface area contributed by atoms with E-state index in [1.807, 2.05) is 4.90 Å². The first-order chi connectivity index (χ1) is 11.2. The summed E-state index contributed by atoms with van der Waals surface area (Å²) in [6, 6.07) is 9.45. The quantitative estimate of drug-likeness (QED) is 0.896. The Morgan fingerprint density at radius 2 is 2.00 bits per heavy atom. The highest BCUT2D eigenvalue weighted by Gasteiger charge is 2.57. The van der Waals surface area contributed by atoms with E-state index in [-0.39, 0.29) is 6.54 Å². The largest absolute Gasteiger partial charge is 0.314 e. The summed E-state index contributed by atoms with van der Waals surface area (Å²) in [5.41, 5.74) is 3.61. The Morgan fingerprint density at radius 1 is 1.22 bits per heavy atom. The van der Waals surface area contributed by atoms with E-state index in [1.165, 1.54) is 19.3 Å². The Hall–Kier alpha value is -1.00. The number of nitrogens with zero attached hydrogens (tertiary/aromatic N) is 1. The number of nitrogens with one attached hydrogen (secondary N) is 1. The number of aryl methyl sites for hydroxylation is 1. The van der Waals surface area contributed by atoms with Gasteiger partial charge in [0.15, 0.2) is 0 Å². The maximum atomic E-state index is 12.4. The lowest BCUT2D eigenvalue weighted by molar-refractivity contribution is 0.0730. The molecule has 1 saturated carbocycles. The first-order valence-electron chi connectivity index (χ1n) is 9.00. The summed E-state index contributed by atoms with van der Waals surface area (Å²) in [7, 11) is 0. The van der Waals surface area contributed by atoms with E-state index in [0.717, 1.165) is 38.4 Å². The van der Waals surface area contributed by atoms with E-state index in [4.69, 9.17) is 0 Å². The smallest absolute Gasteiger partial charge is 0.251 e. The predicted octanol–water partition coefficient (Wildman–Crippen LogP) is 3.21. The zero-order valence-electron chi connectivity index (χ0n) is 13.6. The number of fused-ring (bicyclic) bond motifs is 2. The zero-order chi connectivity index (χ0) is 15.9. The molecule has 3 aliphatic rings. The van der Waals surface area contributed by atoms with E-state index >= 15 is 0 Å². The lowest BCUT2D eigenvalue weighted by atomic mass is 9.95. The molecule has 2 fully saturated rings. The molecule has 1 aromatic rings. The molecule has 4 rings (SSSR count). The van der Waals surface area contributed by atoms with Crippen LogP contribution in [-0.2, 0) is 11.8 Å². The van der Waals surface area contributed by atoms with Crippen molar-refractivity contribution < 1.29 is 8.78 Å². The van der Waals surface area contributed by atoms with Gasteiger partial charge >= 0.3 is 0 Å². The molecular weight excluding hydrogens is 294 g/mol. The molecule has 2 nitrogen and oxygen atoms in total. The van der Waals surface area contributed by atoms with E-state index in [9.17, 15) is 8.78 Å². The van der Waals surface area contributed by atoms with Crippen molar-refractivity contribution in [3.05, 3.63) is 35.4 Å². The van der Waals surface area contributed by atoms with Crippen molar-refractivity contribution in [2.24, 2.45) is 5.92 Å². The molecule has 2 aliphatic carbocycles. The predicted molar refractivity (Wildman–Crippen MR) is 88.0 cm³/mol. The van der Waals surface area contributed by atoms with Crippen molar-refractivity contribution in [1.29, 1.82) is 0 Å². The molecule has 1 spiro atoms. The fourth-order valence-corrected chi connectivity index (χ4v) is 4.82. The molecule has 0 unspecified atom stereocenters. The molecule has 1 aliphatic heterocycles. The molecule has 0 radical (unpaired) electrons. The first-order valence-corrected chi connectivity index (χ1v) is 9.00. The lowest BCUT2D eigenvalue weighted by Gasteiger charge is -2.32. The summed E-state index contributed by atoms with van der Waals surface area (Å²) < 4.78 is 24.8. The van der Waals surface area contributed by atoms with Crippen molar-refractivity contribution >= 4 is 0 Å². The third-order valence-electron chi connectivity index (χ3n) is 6.26. The van der Waals surface area contributed by atoms with Gasteiger partial charge in [-0.15, -0.1) is 0 Å². The van der Waals surface area contributed by atoms with Crippen molar-refractivity contribution in [3.63, 3.8) is 0 Å². The maximum Gasteiger partial charge on any atom is 0.251 e. The summed E-state index contributed by atoms with van der Waals surface area (Å²) in [6.45, 7) is 2.64. The minimum Gasteiger partial charge on any atom is -0.314 e. The number of hydrogen-bond donors (Lipinski definition) is 1. The minimum absolute atomic E-state index is 0.0603. The van der Waals surface area contributed by atoms with Crippen LogP contribution < -0.4 is 5.32 Å². The van der Waals surface area contributed by atoms with Gasteiger partial charge in [-0.3, -0.25) is 4.90 Å². The fraction of sp³-hybridized carbons (Fsp3) is 0.684. The topological polar surface area (TPSA) is 15.3 Å². The molecule has 0 aromatic heterocycles. The van der Waals surface area contributed by atoms with Gasteiger partial charge in [-0.1, -0.05) is 24.3 Å². The summed E-state index contributed by atoms with van der Waals surface area (Å²) in [5, 5.41) is 3.73. The Kier molecular flexibility index (Phi) is 4.14. The van der Waals surface area contributed by atoms with Crippen LogP contribution in [0.3, 0.4) is 0 Å². The number of likely N-dealkylation sites (tertiary alicyclic amines) is 1. The number of piperidine rings is 1. The summed E-state index contributed by atoms with van der Waals surface area (Å²) in [5.74, 6) is 0.769. The molecule has 1 aromatic carbocycles. The van der Waals surface area contributed by atoms with Crippen LogP contribution in [0.1, 0.15) is 36.8 Å². The normalized spacial score (nSPS) is 31.0. The molecule has 23 heavy (non-hydrogen) atoms. The number of hydrogen-bond acceptors (Lipinski definition) is 2. The van der Waals surface area contributed by atoms with E-state index in [2.05, 4.69) is 29.6 Å². The van der Waals surface area contributed by atoms with Crippen molar-refractivity contribution in [1.82, 2.24) is 10.2 Å². The first kappa shape index (κ1) is 15.5. The molecule has 1 heterocycles. The third kappa shape index (κ3) is 3.03. The lowest BCUT2D eigenvalue weighted by Crippen LogP contribution is -2.44. The van der Waals surface area contributed by atoms with Crippen molar-refractivity contribution in [2.45, 2.75) is 50.0 Å². The fourth-order valence-electron chi connectivity index (χ4n) is 4.82. The highest BCUT2D eigenvalue weighted by atomic mass is 19.3. The van der Waals surface area contributed by atoms with Gasteiger partial charge in [-0.05, 0) is 68.8 Å². The molecule has 2 atom stereocenters. The molecular formula is C19H26F2N2. The van der Waals surface area contributed by atoms with Crippen LogP contribution in [0, 0.1) is 5.92 Å². The minimum atomic E-state index is -2.20. The van der Waals surface area contributed by atoms with E-state index < -0.39 is 6.43 Å². The standard InChI is InChI=1S/C19H26F2N2/c20-18(21)13-23-9-6-16(7-10-23)22-12-15-11-19(15)8-5-14-3-1-2-4-17(14)19/h1-4,15-16,18,22H,5-13H2/t15-,19+/m1/s1. The molecule has 1 saturated heterocycles. The van der Waals surface area contributed by atoms with E-state index in [0.29, 0.717) is 11.5 Å². The van der Waals surface area contributed by atoms with Crippen molar-refractivity contribution in [2.75, 3.05) is 26.2 Å². The number of benzene rings is 1. The van der Waals surface area contributed by atoms with Gasteiger partial charge in [-0.25, -0.2) is 8.78 Å². The Balaban J connectivity index is 1.25. The van der Waals surface area contributed by atoms with Crippen LogP contribution in [0.5, 0.6) is 0 Å². The van der Waals surface area contributed by atoms with Crippen LogP contribution in [-0.4, -0.2) is 43.5 Å². The van der Waals surface area contributed by atoms with Gasteiger partial charge < -0.3 is 5.32 Å². The van der Waals surface area contributed by atoms with Gasteiger partial charge in [0.25, 0.3) is 6.43 Å². The highest BCUT2D eigenvalue weighted by Crippen LogP contribution is 2.61. The van der Waals surface area contributed by atoms with Gasteiger partial charge in [0.2, 0.25) is 0 Å². The second-order valence-electron chi connectivity index (χ2n) is 7.59. The Labute approximate surface area is 137 Å². The van der Waals surface area contributed by atoms with Crippen LogP contribution in [0.2, 0.25) is 0 Å². The van der Waals surface area contributed by atoms with Crippen LogP contribution in [0.15, 0.2) is 24.3 Å². The summed E-state index contributed by atoms with van der Waals surface area (Å²) in [6.07, 6.45) is 3.67. The maximum absolute atomic E-state index is 12.4. The van der Waals surface area contributed by atoms with Crippen LogP contribution >= 0.6 is 0 Å². The average molecular weight is 320 g/mol. The summed E-state index contributed by atoms with van der Waals surface area (Å²) in [4.78, 5) is 1.90. The summed E-state index contributed by atoms with van der Waals surface area (Å²) >= 11 is 0. The van der Waals surface area contributed by atoms with Gasteiger partial charge in [0, 0.05) is 11.5 Å².